The number of hydrogen-bond donors (Lipinski definition) is 1. The van der Waals surface area contributed by atoms with Gasteiger partial charge in [0.15, 0.2) is 0 Å². The molecule has 0 radical (unpaired) electrons. The Balaban J connectivity index is 4.78. The van der Waals surface area contributed by atoms with Gasteiger partial charge in [0, 0.05) is 13.0 Å². The molecule has 0 aromatic rings. The number of carbonyl (C=O) groups is 2. The summed E-state index contributed by atoms with van der Waals surface area (Å²) in [7, 11) is 1.57. The normalized spacial score (nSPS) is 12.2. The maximum Gasteiger partial charge on any atom is 0.326 e. The molecule has 4 heteroatoms. The van der Waals surface area contributed by atoms with Crippen molar-refractivity contribution < 1.29 is 14.7 Å². The van der Waals surface area contributed by atoms with Gasteiger partial charge in [0.05, 0.1) is 0 Å². The molecule has 1 amide bonds. The Bertz CT molecular complexity index is 283. The Labute approximate surface area is 110 Å². The van der Waals surface area contributed by atoms with Crippen molar-refractivity contribution in [3.05, 3.63) is 12.7 Å². The topological polar surface area (TPSA) is 57.6 Å². The molecule has 0 aromatic carbocycles. The Morgan fingerprint density at radius 1 is 1.28 bits per heavy atom. The van der Waals surface area contributed by atoms with Crippen LogP contribution in [0.3, 0.4) is 0 Å². The van der Waals surface area contributed by atoms with Gasteiger partial charge in [0.2, 0.25) is 5.91 Å². The lowest BCUT2D eigenvalue weighted by Crippen LogP contribution is -2.44. The molecule has 0 fully saturated rings. The van der Waals surface area contributed by atoms with Gasteiger partial charge in [-0.05, 0) is 19.3 Å². The van der Waals surface area contributed by atoms with Gasteiger partial charge >= 0.3 is 5.97 Å². The first-order valence-corrected chi connectivity index (χ1v) is 6.59. The molecule has 1 atom stereocenters. The molecular weight excluding hydrogens is 230 g/mol. The van der Waals surface area contributed by atoms with E-state index in [1.807, 2.05) is 13.8 Å². The summed E-state index contributed by atoms with van der Waals surface area (Å²) >= 11 is 0. The van der Waals surface area contributed by atoms with Crippen molar-refractivity contribution in [2.24, 2.45) is 5.92 Å². The van der Waals surface area contributed by atoms with Crippen LogP contribution in [-0.4, -0.2) is 35.0 Å². The van der Waals surface area contributed by atoms with E-state index in [1.165, 1.54) is 11.0 Å². The van der Waals surface area contributed by atoms with Gasteiger partial charge in [-0.25, -0.2) is 4.79 Å². The lowest BCUT2D eigenvalue weighted by atomic mass is 9.96. The number of rotatable bonds is 9. The fraction of sp³-hybridized carbons (Fsp3) is 0.714. The second-order valence-electron chi connectivity index (χ2n) is 4.60. The first-order chi connectivity index (χ1) is 8.49. The number of likely N-dealkylation sites (N-methyl/N-ethyl adjacent to an activating group) is 1. The molecule has 0 aromatic heterocycles. The minimum absolute atomic E-state index is 0.0586. The van der Waals surface area contributed by atoms with Gasteiger partial charge in [0.25, 0.3) is 0 Å². The molecule has 0 rings (SSSR count). The predicted molar refractivity (Wildman–Crippen MR) is 72.3 cm³/mol. The van der Waals surface area contributed by atoms with Crippen LogP contribution in [-0.2, 0) is 9.59 Å². The number of carbonyl (C=O) groups excluding carboxylic acids is 1. The van der Waals surface area contributed by atoms with Crippen LogP contribution in [0.25, 0.3) is 0 Å². The molecule has 0 heterocycles. The SMILES string of the molecule is C=CCC(C(=O)O)N(C)C(=O)C(CCC)CCC. The van der Waals surface area contributed by atoms with E-state index in [0.717, 1.165) is 25.7 Å². The summed E-state index contributed by atoms with van der Waals surface area (Å²) < 4.78 is 0. The van der Waals surface area contributed by atoms with Gasteiger partial charge in [-0.3, -0.25) is 4.79 Å². The van der Waals surface area contributed by atoms with Crippen LogP contribution in [0.15, 0.2) is 12.7 Å². The highest BCUT2D eigenvalue weighted by Gasteiger charge is 2.29. The van der Waals surface area contributed by atoms with E-state index in [0.29, 0.717) is 0 Å². The van der Waals surface area contributed by atoms with Gasteiger partial charge in [0.1, 0.15) is 6.04 Å². The highest BCUT2D eigenvalue weighted by Crippen LogP contribution is 2.18. The van der Waals surface area contributed by atoms with E-state index in [1.54, 1.807) is 7.05 Å². The third kappa shape index (κ3) is 4.90. The predicted octanol–water partition coefficient (Wildman–Crippen LogP) is 2.69. The molecule has 0 saturated heterocycles. The fourth-order valence-electron chi connectivity index (χ4n) is 2.11. The van der Waals surface area contributed by atoms with E-state index in [4.69, 9.17) is 5.11 Å². The van der Waals surface area contributed by atoms with Crippen LogP contribution in [0.2, 0.25) is 0 Å². The number of carboxylic acid groups (broad SMARTS) is 1. The van der Waals surface area contributed by atoms with Crippen molar-refractivity contribution in [2.75, 3.05) is 7.05 Å². The lowest BCUT2D eigenvalue weighted by molar-refractivity contribution is -0.150. The largest absolute Gasteiger partial charge is 0.480 e. The summed E-state index contributed by atoms with van der Waals surface area (Å²) in [5.41, 5.74) is 0. The van der Waals surface area contributed by atoms with E-state index >= 15 is 0 Å². The summed E-state index contributed by atoms with van der Waals surface area (Å²) in [4.78, 5) is 24.8. The number of carboxylic acids is 1. The minimum atomic E-state index is -0.975. The average molecular weight is 255 g/mol. The standard InChI is InChI=1S/C14H25NO3/c1-5-8-11(9-6-2)13(16)15(4)12(10-7-3)14(17)18/h7,11-12H,3,5-6,8-10H2,1-2,4H3,(H,17,18). The van der Waals surface area contributed by atoms with E-state index < -0.39 is 12.0 Å². The van der Waals surface area contributed by atoms with Crippen LogP contribution in [0.4, 0.5) is 0 Å². The number of amides is 1. The molecule has 104 valence electrons. The molecule has 0 aliphatic carbocycles. The Hall–Kier alpha value is -1.32. The molecule has 1 unspecified atom stereocenters. The first kappa shape index (κ1) is 16.7. The second-order valence-corrected chi connectivity index (χ2v) is 4.60. The van der Waals surface area contributed by atoms with Crippen molar-refractivity contribution in [1.29, 1.82) is 0 Å². The first-order valence-electron chi connectivity index (χ1n) is 6.59. The van der Waals surface area contributed by atoms with Crippen molar-refractivity contribution in [3.8, 4) is 0 Å². The number of hydrogen-bond acceptors (Lipinski definition) is 2. The van der Waals surface area contributed by atoms with Crippen LogP contribution in [0.1, 0.15) is 46.0 Å². The van der Waals surface area contributed by atoms with Crippen LogP contribution < -0.4 is 0 Å². The van der Waals surface area contributed by atoms with E-state index in [9.17, 15) is 9.59 Å². The van der Waals surface area contributed by atoms with Gasteiger partial charge in [-0.15, -0.1) is 6.58 Å². The van der Waals surface area contributed by atoms with E-state index in [2.05, 4.69) is 6.58 Å². The highest BCUT2D eigenvalue weighted by atomic mass is 16.4. The van der Waals surface area contributed by atoms with Crippen molar-refractivity contribution in [3.63, 3.8) is 0 Å². The zero-order valence-corrected chi connectivity index (χ0v) is 11.7. The molecule has 0 saturated carbocycles. The van der Waals surface area contributed by atoms with Crippen molar-refractivity contribution >= 4 is 11.9 Å². The summed E-state index contributed by atoms with van der Waals surface area (Å²) in [6, 6.07) is -0.800. The van der Waals surface area contributed by atoms with Gasteiger partial charge in [-0.2, -0.15) is 0 Å². The molecule has 18 heavy (non-hydrogen) atoms. The van der Waals surface area contributed by atoms with Crippen LogP contribution in [0.5, 0.6) is 0 Å². The van der Waals surface area contributed by atoms with Crippen LogP contribution in [0, 0.1) is 5.92 Å². The smallest absolute Gasteiger partial charge is 0.326 e. The van der Waals surface area contributed by atoms with Gasteiger partial charge < -0.3 is 10.0 Å². The molecule has 0 spiro atoms. The molecule has 0 aliphatic rings. The molecule has 4 nitrogen and oxygen atoms in total. The third-order valence-electron chi connectivity index (χ3n) is 3.11. The van der Waals surface area contributed by atoms with E-state index in [-0.39, 0.29) is 18.2 Å². The number of aliphatic carboxylic acids is 1. The average Bonchev–Trinajstić information content (AvgIpc) is 2.33. The quantitative estimate of drug-likeness (QED) is 0.644. The maximum atomic E-state index is 12.3. The molecular formula is C14H25NO3. The number of nitrogens with zero attached hydrogens (tertiary/aromatic N) is 1. The minimum Gasteiger partial charge on any atom is -0.480 e. The fourth-order valence-corrected chi connectivity index (χ4v) is 2.11. The molecule has 0 aliphatic heterocycles. The van der Waals surface area contributed by atoms with Crippen LogP contribution >= 0.6 is 0 Å². The van der Waals surface area contributed by atoms with Crippen molar-refractivity contribution in [1.82, 2.24) is 4.90 Å². The monoisotopic (exact) mass is 255 g/mol. The highest BCUT2D eigenvalue weighted by molar-refractivity contribution is 5.85. The zero-order valence-electron chi connectivity index (χ0n) is 11.7. The van der Waals surface area contributed by atoms with Crippen molar-refractivity contribution in [2.45, 2.75) is 52.0 Å². The Kier molecular flexibility index (Phi) is 8.08. The molecule has 0 bridgehead atoms. The summed E-state index contributed by atoms with van der Waals surface area (Å²) in [5.74, 6) is -1.10. The zero-order chi connectivity index (χ0) is 14.1. The Morgan fingerprint density at radius 2 is 1.78 bits per heavy atom. The molecule has 1 N–H and O–H groups in total. The summed E-state index contributed by atoms with van der Waals surface area (Å²) in [6.07, 6.45) is 5.32. The summed E-state index contributed by atoms with van der Waals surface area (Å²) in [6.45, 7) is 7.61. The Morgan fingerprint density at radius 3 is 2.11 bits per heavy atom. The van der Waals surface area contributed by atoms with Gasteiger partial charge in [-0.1, -0.05) is 32.8 Å². The maximum absolute atomic E-state index is 12.3. The summed E-state index contributed by atoms with van der Waals surface area (Å²) in [5, 5.41) is 9.12. The lowest BCUT2D eigenvalue weighted by Gasteiger charge is -2.28. The third-order valence-corrected chi connectivity index (χ3v) is 3.11. The second kappa shape index (κ2) is 8.72.